The molecule has 1 spiro atoms. The number of alkyl halides is 3. The van der Waals surface area contributed by atoms with Crippen LogP contribution < -0.4 is 5.56 Å². The Hall–Kier alpha value is -3.04. The molecule has 3 aromatic rings. The Morgan fingerprint density at radius 3 is 2.72 bits per heavy atom. The number of benzene rings is 1. The number of nitriles is 1. The number of thioether (sulfide) groups is 2. The lowest BCUT2D eigenvalue weighted by molar-refractivity contribution is -0.137. The van der Waals surface area contributed by atoms with E-state index in [0.717, 1.165) is 34.9 Å². The average Bonchev–Trinajstić information content (AvgIpc) is 3.40. The van der Waals surface area contributed by atoms with E-state index in [1.54, 1.807) is 0 Å². The Bertz CT molecular complexity index is 1350. The lowest BCUT2D eigenvalue weighted by atomic mass is 10.1. The zero-order valence-electron chi connectivity index (χ0n) is 16.2. The molecule has 162 valence electrons. The van der Waals surface area contributed by atoms with Crippen LogP contribution in [0.25, 0.3) is 5.82 Å². The summed E-state index contributed by atoms with van der Waals surface area (Å²) in [7, 11) is 0. The molecule has 1 aliphatic carbocycles. The van der Waals surface area contributed by atoms with Crippen molar-refractivity contribution in [3.63, 3.8) is 0 Å². The van der Waals surface area contributed by atoms with Crippen molar-refractivity contribution >= 4 is 27.9 Å². The maximum atomic E-state index is 12.9. The maximum Gasteiger partial charge on any atom is 0.416 e. The summed E-state index contributed by atoms with van der Waals surface area (Å²) in [5.41, 5.74) is -0.0803. The first-order valence-electron chi connectivity index (χ1n) is 9.45. The van der Waals surface area contributed by atoms with Gasteiger partial charge in [0.25, 0.3) is 5.56 Å². The smallest absolute Gasteiger partial charge is 0.297 e. The number of halogens is 3. The first-order valence-corrected chi connectivity index (χ1v) is 11.2. The summed E-state index contributed by atoms with van der Waals surface area (Å²) in [5, 5.41) is 21.2. The number of aromatic nitrogens is 4. The van der Waals surface area contributed by atoms with Crippen molar-refractivity contribution in [2.45, 2.75) is 35.3 Å². The van der Waals surface area contributed by atoms with E-state index in [0.29, 0.717) is 22.2 Å². The van der Waals surface area contributed by atoms with Crippen LogP contribution in [0, 0.1) is 11.3 Å². The van der Waals surface area contributed by atoms with E-state index >= 15 is 0 Å². The van der Waals surface area contributed by atoms with Gasteiger partial charge in [-0.05, 0) is 48.4 Å². The van der Waals surface area contributed by atoms with Gasteiger partial charge in [-0.15, -0.1) is 10.2 Å². The number of aromatic amines is 1. The molecular weight excluding hydrogens is 461 g/mol. The number of nitrogens with zero attached hydrogens (tertiary/aromatic N) is 5. The monoisotopic (exact) mass is 474 g/mol. The second-order valence-electron chi connectivity index (χ2n) is 7.34. The van der Waals surface area contributed by atoms with Crippen LogP contribution in [0.15, 0.2) is 51.3 Å². The Balaban J connectivity index is 1.38. The number of H-pyrrole nitrogens is 1. The Labute approximate surface area is 187 Å². The van der Waals surface area contributed by atoms with Crippen LogP contribution in [0.2, 0.25) is 0 Å². The van der Waals surface area contributed by atoms with E-state index in [9.17, 15) is 23.2 Å². The zero-order valence-corrected chi connectivity index (χ0v) is 17.8. The molecule has 1 saturated carbocycles. The molecule has 1 fully saturated rings. The number of aliphatic imine (C=N–C) groups is 1. The van der Waals surface area contributed by atoms with Crippen molar-refractivity contribution in [3.05, 3.63) is 69.1 Å². The molecule has 3 heterocycles. The van der Waals surface area contributed by atoms with Crippen molar-refractivity contribution in [2.75, 3.05) is 0 Å². The second kappa shape index (κ2) is 7.53. The number of hydrogen-bond acceptors (Lipinski definition) is 7. The van der Waals surface area contributed by atoms with Gasteiger partial charge in [0.2, 0.25) is 0 Å². The predicted octanol–water partition coefficient (Wildman–Crippen LogP) is 4.23. The quantitative estimate of drug-likeness (QED) is 0.610. The number of rotatable bonds is 3. The molecule has 12 heteroatoms. The highest BCUT2D eigenvalue weighted by Gasteiger charge is 2.49. The fourth-order valence-corrected chi connectivity index (χ4v) is 5.66. The molecule has 0 radical (unpaired) electrons. The van der Waals surface area contributed by atoms with E-state index in [1.165, 1.54) is 46.5 Å². The van der Waals surface area contributed by atoms with E-state index in [1.807, 2.05) is 12.1 Å². The van der Waals surface area contributed by atoms with E-state index in [-0.39, 0.29) is 11.1 Å². The number of fused-ring (bicyclic) bond motifs is 2. The van der Waals surface area contributed by atoms with Crippen molar-refractivity contribution < 1.29 is 13.2 Å². The minimum absolute atomic E-state index is 0.00362. The van der Waals surface area contributed by atoms with E-state index in [4.69, 9.17) is 4.99 Å². The first-order chi connectivity index (χ1) is 15.3. The molecule has 0 amide bonds. The van der Waals surface area contributed by atoms with Gasteiger partial charge in [-0.1, -0.05) is 17.8 Å². The van der Waals surface area contributed by atoms with Crippen LogP contribution in [-0.4, -0.2) is 24.4 Å². The lowest BCUT2D eigenvalue weighted by Gasteiger charge is -2.22. The average molecular weight is 474 g/mol. The third kappa shape index (κ3) is 3.71. The zero-order chi connectivity index (χ0) is 22.5. The molecule has 2 aromatic heterocycles. The van der Waals surface area contributed by atoms with Gasteiger partial charge >= 0.3 is 6.18 Å². The van der Waals surface area contributed by atoms with Gasteiger partial charge < -0.3 is 0 Å². The third-order valence-electron chi connectivity index (χ3n) is 5.25. The van der Waals surface area contributed by atoms with Gasteiger partial charge in [0.1, 0.15) is 9.40 Å². The van der Waals surface area contributed by atoms with Gasteiger partial charge in [0.05, 0.1) is 22.7 Å². The predicted molar refractivity (Wildman–Crippen MR) is 114 cm³/mol. The summed E-state index contributed by atoms with van der Waals surface area (Å²) in [5.74, 6) is 0.696. The molecular formula is C20H13F3N6OS2. The standard InChI is InChI=1S/C20H13F3N6OS2/c21-20(22,23)13-2-1-11(12(7-13)9-24)10-31-18-26-19(4-5-19)14-8-15(27-28-17(14)32-18)29-16(30)3-6-25-29/h1-3,6-8,25H,4-5,10H2. The van der Waals surface area contributed by atoms with Crippen molar-refractivity contribution in [1.29, 1.82) is 5.26 Å². The summed E-state index contributed by atoms with van der Waals surface area (Å²) in [4.78, 5) is 16.8. The van der Waals surface area contributed by atoms with Crippen LogP contribution in [0.4, 0.5) is 13.2 Å². The molecule has 1 aromatic carbocycles. The Morgan fingerprint density at radius 1 is 1.25 bits per heavy atom. The highest BCUT2D eigenvalue weighted by Crippen LogP contribution is 2.56. The molecule has 5 rings (SSSR count). The minimum atomic E-state index is -4.49. The topological polar surface area (TPSA) is 99.7 Å². The van der Waals surface area contributed by atoms with Gasteiger partial charge in [-0.2, -0.15) is 23.1 Å². The number of hydrogen-bond donors (Lipinski definition) is 1. The minimum Gasteiger partial charge on any atom is -0.297 e. The molecule has 32 heavy (non-hydrogen) atoms. The van der Waals surface area contributed by atoms with Gasteiger partial charge in [0.15, 0.2) is 5.82 Å². The Kier molecular flexibility index (Phi) is 4.90. The molecule has 0 bridgehead atoms. The summed E-state index contributed by atoms with van der Waals surface area (Å²) >= 11 is 2.68. The SMILES string of the molecule is N#Cc1cc(C(F)(F)F)ccc1CSC1=NC2(CC2)c2cc(-n3[nH]ccc3=O)nnc2S1. The van der Waals surface area contributed by atoms with Crippen molar-refractivity contribution in [2.24, 2.45) is 4.99 Å². The summed E-state index contributed by atoms with van der Waals surface area (Å²) in [6.07, 6.45) is -1.31. The van der Waals surface area contributed by atoms with Crippen LogP contribution in [0.3, 0.4) is 0 Å². The Morgan fingerprint density at radius 2 is 2.06 bits per heavy atom. The van der Waals surface area contributed by atoms with Gasteiger partial charge in [0, 0.05) is 23.6 Å². The first kappa shape index (κ1) is 20.8. The highest BCUT2D eigenvalue weighted by atomic mass is 32.2. The van der Waals surface area contributed by atoms with Crippen molar-refractivity contribution in [1.82, 2.24) is 20.0 Å². The molecule has 7 nitrogen and oxygen atoms in total. The lowest BCUT2D eigenvalue weighted by Crippen LogP contribution is -2.19. The molecule has 0 unspecified atom stereocenters. The summed E-state index contributed by atoms with van der Waals surface area (Å²) < 4.78 is 40.8. The molecule has 0 saturated heterocycles. The number of nitrogens with one attached hydrogen (secondary N) is 1. The van der Waals surface area contributed by atoms with E-state index in [2.05, 4.69) is 15.3 Å². The van der Waals surface area contributed by atoms with Crippen LogP contribution in [-0.2, 0) is 17.5 Å². The van der Waals surface area contributed by atoms with Crippen molar-refractivity contribution in [3.8, 4) is 11.9 Å². The van der Waals surface area contributed by atoms with Crippen LogP contribution in [0.5, 0.6) is 0 Å². The van der Waals surface area contributed by atoms with Crippen LogP contribution in [0.1, 0.15) is 35.1 Å². The van der Waals surface area contributed by atoms with Crippen LogP contribution >= 0.6 is 23.5 Å². The molecule has 0 atom stereocenters. The van der Waals surface area contributed by atoms with Gasteiger partial charge in [-0.25, -0.2) is 0 Å². The summed E-state index contributed by atoms with van der Waals surface area (Å²) in [6, 6.07) is 8.26. The summed E-state index contributed by atoms with van der Waals surface area (Å²) in [6.45, 7) is 0. The largest absolute Gasteiger partial charge is 0.416 e. The highest BCUT2D eigenvalue weighted by molar-refractivity contribution is 8.38. The molecule has 1 N–H and O–H groups in total. The fourth-order valence-electron chi connectivity index (χ4n) is 3.41. The van der Waals surface area contributed by atoms with Gasteiger partial charge in [-0.3, -0.25) is 14.9 Å². The normalized spacial score (nSPS) is 16.4. The third-order valence-corrected chi connectivity index (χ3v) is 7.41. The fraction of sp³-hybridized carbons (Fsp3) is 0.250. The van der Waals surface area contributed by atoms with E-state index < -0.39 is 17.3 Å². The molecule has 2 aliphatic rings. The second-order valence-corrected chi connectivity index (χ2v) is 9.54. The molecule has 1 aliphatic heterocycles. The maximum absolute atomic E-state index is 12.9.